The molecular weight excluding hydrogens is 270 g/mol. The zero-order valence-electron chi connectivity index (χ0n) is 13.5. The number of hydrogen-bond donors (Lipinski definition) is 1. The first kappa shape index (κ1) is 15.1. The molecule has 0 heterocycles. The molecule has 2 nitrogen and oxygen atoms in total. The maximum Gasteiger partial charge on any atom is 0.0799 e. The van der Waals surface area contributed by atoms with Gasteiger partial charge in [0.15, 0.2) is 0 Å². The van der Waals surface area contributed by atoms with Gasteiger partial charge in [-0.1, -0.05) is 50.2 Å². The Kier molecular flexibility index (Phi) is 4.49. The maximum absolute atomic E-state index is 10.3. The third kappa shape index (κ3) is 3.02. The van der Waals surface area contributed by atoms with Crippen LogP contribution in [0.1, 0.15) is 55.4 Å². The lowest BCUT2D eigenvalue weighted by Crippen LogP contribution is -2.23. The molecule has 0 spiro atoms. The highest BCUT2D eigenvalue weighted by atomic mass is 16.3. The van der Waals surface area contributed by atoms with Crippen LogP contribution in [0.25, 0.3) is 0 Å². The number of aliphatic hydroxyl groups excluding tert-OH is 1. The summed E-state index contributed by atoms with van der Waals surface area (Å²) < 4.78 is 0. The third-order valence-corrected chi connectivity index (χ3v) is 4.61. The Hall–Kier alpha value is -1.80. The Balaban J connectivity index is 1.87. The Bertz CT molecular complexity index is 623. The molecule has 0 aliphatic heterocycles. The first-order valence-electron chi connectivity index (χ1n) is 8.29. The first-order valence-corrected chi connectivity index (χ1v) is 8.29. The van der Waals surface area contributed by atoms with Gasteiger partial charge in [-0.25, -0.2) is 0 Å². The van der Waals surface area contributed by atoms with Gasteiger partial charge in [0, 0.05) is 18.8 Å². The minimum Gasteiger partial charge on any atom is -0.388 e. The molecule has 3 rings (SSSR count). The largest absolute Gasteiger partial charge is 0.388 e. The molecule has 0 radical (unpaired) electrons. The average Bonchev–Trinajstić information content (AvgIpc) is 2.82. The number of hydrogen-bond acceptors (Lipinski definition) is 2. The van der Waals surface area contributed by atoms with E-state index < -0.39 is 0 Å². The Morgan fingerprint density at radius 2 is 1.86 bits per heavy atom. The van der Waals surface area contributed by atoms with Crippen molar-refractivity contribution in [3.63, 3.8) is 0 Å². The number of nitrogens with zero attached hydrogens (tertiary/aromatic N) is 1. The van der Waals surface area contributed by atoms with E-state index in [2.05, 4.69) is 67.3 Å². The normalized spacial score (nSPS) is 20.0. The van der Waals surface area contributed by atoms with E-state index in [1.807, 2.05) is 0 Å². The Labute approximate surface area is 133 Å². The fraction of sp³-hybridized carbons (Fsp3) is 0.400. The van der Waals surface area contributed by atoms with Crippen LogP contribution in [-0.2, 0) is 6.54 Å². The molecule has 0 amide bonds. The molecule has 1 N–H and O–H groups in total. The van der Waals surface area contributed by atoms with Crippen LogP contribution in [0.4, 0.5) is 5.69 Å². The second kappa shape index (κ2) is 6.53. The van der Waals surface area contributed by atoms with E-state index in [4.69, 9.17) is 0 Å². The number of aliphatic hydroxyl groups is 1. The van der Waals surface area contributed by atoms with Crippen molar-refractivity contribution in [2.24, 2.45) is 0 Å². The molecule has 2 aromatic rings. The molecule has 0 saturated carbocycles. The molecule has 1 aliphatic carbocycles. The lowest BCUT2D eigenvalue weighted by Gasteiger charge is -2.25. The molecule has 2 heteroatoms. The van der Waals surface area contributed by atoms with Gasteiger partial charge < -0.3 is 10.0 Å². The first-order chi connectivity index (χ1) is 10.7. The summed E-state index contributed by atoms with van der Waals surface area (Å²) in [4.78, 5) is 2.41. The lowest BCUT2D eigenvalue weighted by atomic mass is 10.0. The van der Waals surface area contributed by atoms with E-state index in [0.29, 0.717) is 5.92 Å². The van der Waals surface area contributed by atoms with E-state index in [0.717, 1.165) is 31.5 Å². The van der Waals surface area contributed by atoms with Crippen molar-refractivity contribution < 1.29 is 5.11 Å². The summed E-state index contributed by atoms with van der Waals surface area (Å²) in [5, 5.41) is 10.3. The van der Waals surface area contributed by atoms with E-state index in [1.165, 1.54) is 16.8 Å². The van der Waals surface area contributed by atoms with Crippen LogP contribution in [0.5, 0.6) is 0 Å². The minimum atomic E-state index is -0.301. The zero-order chi connectivity index (χ0) is 15.5. The van der Waals surface area contributed by atoms with Gasteiger partial charge in [-0.15, -0.1) is 0 Å². The molecule has 116 valence electrons. The number of fused-ring (bicyclic) bond motifs is 1. The lowest BCUT2D eigenvalue weighted by molar-refractivity contribution is 0.174. The van der Waals surface area contributed by atoms with Crippen molar-refractivity contribution in [1.82, 2.24) is 0 Å². The van der Waals surface area contributed by atoms with Crippen LogP contribution in [0.2, 0.25) is 0 Å². The van der Waals surface area contributed by atoms with Crippen LogP contribution in [0, 0.1) is 0 Å². The molecule has 22 heavy (non-hydrogen) atoms. The maximum atomic E-state index is 10.3. The fourth-order valence-corrected chi connectivity index (χ4v) is 3.46. The predicted molar refractivity (Wildman–Crippen MR) is 92.2 cm³/mol. The number of anilines is 1. The van der Waals surface area contributed by atoms with Crippen LogP contribution in [-0.4, -0.2) is 11.7 Å². The molecule has 0 bridgehead atoms. The Morgan fingerprint density at radius 3 is 2.59 bits per heavy atom. The number of benzene rings is 2. The van der Waals surface area contributed by atoms with E-state index >= 15 is 0 Å². The van der Waals surface area contributed by atoms with Gasteiger partial charge in [0.05, 0.1) is 6.10 Å². The molecule has 2 aromatic carbocycles. The van der Waals surface area contributed by atoms with Crippen molar-refractivity contribution in [3.05, 3.63) is 65.2 Å². The monoisotopic (exact) mass is 295 g/mol. The van der Waals surface area contributed by atoms with Gasteiger partial charge in [-0.2, -0.15) is 0 Å². The van der Waals surface area contributed by atoms with Gasteiger partial charge >= 0.3 is 0 Å². The van der Waals surface area contributed by atoms with E-state index in [1.54, 1.807) is 0 Å². The van der Waals surface area contributed by atoms with Crippen molar-refractivity contribution in [2.45, 2.75) is 45.3 Å². The predicted octanol–water partition coefficient (Wildman–Crippen LogP) is 4.64. The van der Waals surface area contributed by atoms with Crippen molar-refractivity contribution in [2.75, 3.05) is 11.4 Å². The topological polar surface area (TPSA) is 23.5 Å². The standard InChI is InChI=1S/C20H25NO/c1-3-11-21(14-16-7-5-4-6-8-16)17-9-10-18-15(2)12-20(22)19(18)13-17/h4-10,13,15,20,22H,3,11-12,14H2,1-2H3. The van der Waals surface area contributed by atoms with Crippen molar-refractivity contribution in [1.29, 1.82) is 0 Å². The van der Waals surface area contributed by atoms with Crippen LogP contribution >= 0.6 is 0 Å². The Morgan fingerprint density at radius 1 is 1.09 bits per heavy atom. The summed E-state index contributed by atoms with van der Waals surface area (Å²) in [6, 6.07) is 17.2. The third-order valence-electron chi connectivity index (χ3n) is 4.61. The quantitative estimate of drug-likeness (QED) is 0.868. The summed E-state index contributed by atoms with van der Waals surface area (Å²) in [7, 11) is 0. The fourth-order valence-electron chi connectivity index (χ4n) is 3.46. The number of rotatable bonds is 5. The van der Waals surface area contributed by atoms with Crippen molar-refractivity contribution in [3.8, 4) is 0 Å². The van der Waals surface area contributed by atoms with Gasteiger partial charge in [0.2, 0.25) is 0 Å². The van der Waals surface area contributed by atoms with Gasteiger partial charge in [-0.05, 0) is 47.6 Å². The molecule has 0 saturated heterocycles. The van der Waals surface area contributed by atoms with Gasteiger partial charge in [0.1, 0.15) is 0 Å². The van der Waals surface area contributed by atoms with E-state index in [-0.39, 0.29) is 6.10 Å². The SMILES string of the molecule is CCCN(Cc1ccccc1)c1ccc2c(c1)C(O)CC2C. The van der Waals surface area contributed by atoms with Crippen LogP contribution in [0.15, 0.2) is 48.5 Å². The summed E-state index contributed by atoms with van der Waals surface area (Å²) in [6.07, 6.45) is 1.67. The molecule has 2 atom stereocenters. The summed E-state index contributed by atoms with van der Waals surface area (Å²) in [5.74, 6) is 0.466. The average molecular weight is 295 g/mol. The van der Waals surface area contributed by atoms with Crippen molar-refractivity contribution >= 4 is 5.69 Å². The highest BCUT2D eigenvalue weighted by Gasteiger charge is 2.27. The summed E-state index contributed by atoms with van der Waals surface area (Å²) >= 11 is 0. The zero-order valence-corrected chi connectivity index (χ0v) is 13.5. The highest BCUT2D eigenvalue weighted by Crippen LogP contribution is 2.41. The van der Waals surface area contributed by atoms with Gasteiger partial charge in [-0.3, -0.25) is 0 Å². The molecule has 0 aromatic heterocycles. The van der Waals surface area contributed by atoms with Gasteiger partial charge in [0.25, 0.3) is 0 Å². The van der Waals surface area contributed by atoms with E-state index in [9.17, 15) is 5.11 Å². The second-order valence-corrected chi connectivity index (χ2v) is 6.37. The van der Waals surface area contributed by atoms with Crippen LogP contribution < -0.4 is 4.90 Å². The second-order valence-electron chi connectivity index (χ2n) is 6.37. The smallest absolute Gasteiger partial charge is 0.0799 e. The summed E-state index contributed by atoms with van der Waals surface area (Å²) in [6.45, 7) is 6.35. The molecule has 0 fully saturated rings. The summed E-state index contributed by atoms with van der Waals surface area (Å²) in [5.41, 5.74) is 4.98. The molecule has 2 unspecified atom stereocenters. The highest BCUT2D eigenvalue weighted by molar-refractivity contribution is 5.54. The molecular formula is C20H25NO. The molecule has 1 aliphatic rings. The van der Waals surface area contributed by atoms with Crippen LogP contribution in [0.3, 0.4) is 0 Å². The minimum absolute atomic E-state index is 0.301.